The van der Waals surface area contributed by atoms with Crippen LogP contribution in [-0.4, -0.2) is 21.8 Å². The van der Waals surface area contributed by atoms with Gasteiger partial charge in [-0.2, -0.15) is 0 Å². The highest BCUT2D eigenvalue weighted by Crippen LogP contribution is 2.49. The van der Waals surface area contributed by atoms with E-state index >= 15 is 0 Å². The van der Waals surface area contributed by atoms with Gasteiger partial charge < -0.3 is 10.5 Å². The summed E-state index contributed by atoms with van der Waals surface area (Å²) < 4.78 is 0. The third kappa shape index (κ3) is 2.54. The highest BCUT2D eigenvalue weighted by Gasteiger charge is 2.51. The molecule has 0 bridgehead atoms. The number of nitrogens with one attached hydrogen (secondary N) is 1. The molecule has 1 amide bonds. The van der Waals surface area contributed by atoms with E-state index in [1.165, 1.54) is 11.3 Å². The molecule has 3 rings (SSSR count). The quantitative estimate of drug-likeness (QED) is 0.518. The molecule has 1 heterocycles. The van der Waals surface area contributed by atoms with Crippen LogP contribution in [0.2, 0.25) is 0 Å². The van der Waals surface area contributed by atoms with Crippen LogP contribution in [0, 0.1) is 0 Å². The van der Waals surface area contributed by atoms with Crippen LogP contribution < -0.4 is 5.32 Å². The molecular weight excluding hydrogens is 286 g/mol. The van der Waals surface area contributed by atoms with Gasteiger partial charge in [-0.3, -0.25) is 4.79 Å². The number of oxime groups is 1. The first-order chi connectivity index (χ1) is 10.2. The van der Waals surface area contributed by atoms with Crippen molar-refractivity contribution >= 4 is 28.1 Å². The van der Waals surface area contributed by atoms with Crippen molar-refractivity contribution in [3.63, 3.8) is 0 Å². The molecule has 1 aliphatic rings. The molecule has 1 saturated carbocycles. The van der Waals surface area contributed by atoms with Crippen LogP contribution in [0.1, 0.15) is 31.0 Å². The summed E-state index contributed by atoms with van der Waals surface area (Å²) in [5.41, 5.74) is 1.64. The molecule has 0 saturated heterocycles. The third-order valence-electron chi connectivity index (χ3n) is 3.76. The zero-order valence-electron chi connectivity index (χ0n) is 11.5. The van der Waals surface area contributed by atoms with E-state index < -0.39 is 5.41 Å². The van der Waals surface area contributed by atoms with Crippen LogP contribution in [0.4, 0.5) is 5.13 Å². The predicted octanol–water partition coefficient (Wildman–Crippen LogP) is 3.01. The zero-order chi connectivity index (χ0) is 14.9. The van der Waals surface area contributed by atoms with Crippen molar-refractivity contribution in [2.75, 3.05) is 5.32 Å². The first-order valence-corrected chi connectivity index (χ1v) is 7.55. The van der Waals surface area contributed by atoms with E-state index in [0.717, 1.165) is 18.4 Å². The molecule has 2 N–H and O–H groups in total. The summed E-state index contributed by atoms with van der Waals surface area (Å²) in [5.74, 6) is -0.0202. The second kappa shape index (κ2) is 5.29. The van der Waals surface area contributed by atoms with E-state index in [9.17, 15) is 4.79 Å². The number of carbonyl (C=O) groups is 1. The lowest BCUT2D eigenvalue weighted by Gasteiger charge is -2.14. The average Bonchev–Trinajstić information content (AvgIpc) is 3.22. The number of rotatable bonds is 4. The molecule has 0 radical (unpaired) electrons. The average molecular weight is 301 g/mol. The summed E-state index contributed by atoms with van der Waals surface area (Å²) in [6.07, 6.45) is 1.72. The molecule has 1 aromatic carbocycles. The summed E-state index contributed by atoms with van der Waals surface area (Å²) in [6.45, 7) is 1.66. The Morgan fingerprint density at radius 3 is 2.71 bits per heavy atom. The van der Waals surface area contributed by atoms with Crippen LogP contribution in [0.15, 0.2) is 40.9 Å². The van der Waals surface area contributed by atoms with E-state index in [1.807, 2.05) is 30.3 Å². The normalized spacial score (nSPS) is 16.5. The van der Waals surface area contributed by atoms with Gasteiger partial charge >= 0.3 is 0 Å². The highest BCUT2D eigenvalue weighted by molar-refractivity contribution is 7.14. The molecule has 5 nitrogen and oxygen atoms in total. The van der Waals surface area contributed by atoms with Crippen molar-refractivity contribution < 1.29 is 10.0 Å². The van der Waals surface area contributed by atoms with Crippen LogP contribution >= 0.6 is 11.3 Å². The van der Waals surface area contributed by atoms with E-state index in [2.05, 4.69) is 15.5 Å². The van der Waals surface area contributed by atoms with Crippen molar-refractivity contribution in [2.24, 2.45) is 5.16 Å². The van der Waals surface area contributed by atoms with Gasteiger partial charge in [-0.05, 0) is 25.3 Å². The molecule has 6 heteroatoms. The second-order valence-electron chi connectivity index (χ2n) is 5.13. The summed E-state index contributed by atoms with van der Waals surface area (Å²) >= 11 is 1.33. The Labute approximate surface area is 126 Å². The molecule has 0 spiro atoms. The standard InChI is InChI=1S/C15H15N3O2S/c1-10(18-20)12-9-21-14(16-12)17-13(19)15(7-8-15)11-5-3-2-4-6-11/h2-6,9,20H,7-8H2,1H3,(H,16,17,19). The predicted molar refractivity (Wildman–Crippen MR) is 82.1 cm³/mol. The SMILES string of the molecule is CC(=NO)c1csc(NC(=O)C2(c3ccccc3)CC2)n1. The zero-order valence-corrected chi connectivity index (χ0v) is 12.4. The maximum atomic E-state index is 12.5. The van der Waals surface area contributed by atoms with Crippen LogP contribution in [0.5, 0.6) is 0 Å². The lowest BCUT2D eigenvalue weighted by Crippen LogP contribution is -2.27. The molecule has 1 aliphatic carbocycles. The molecule has 1 aromatic heterocycles. The molecule has 2 aromatic rings. The van der Waals surface area contributed by atoms with E-state index in [4.69, 9.17) is 5.21 Å². The molecule has 0 aliphatic heterocycles. The Morgan fingerprint density at radius 1 is 1.38 bits per heavy atom. The highest BCUT2D eigenvalue weighted by atomic mass is 32.1. The number of nitrogens with zero attached hydrogens (tertiary/aromatic N) is 2. The first-order valence-electron chi connectivity index (χ1n) is 6.67. The number of aromatic nitrogens is 1. The van der Waals surface area contributed by atoms with Gasteiger partial charge in [0, 0.05) is 5.38 Å². The first kappa shape index (κ1) is 13.8. The van der Waals surface area contributed by atoms with Gasteiger partial charge in [0.2, 0.25) is 5.91 Å². The molecule has 0 atom stereocenters. The van der Waals surface area contributed by atoms with Gasteiger partial charge in [-0.25, -0.2) is 4.98 Å². The number of benzene rings is 1. The number of carbonyl (C=O) groups excluding carboxylic acids is 1. The third-order valence-corrected chi connectivity index (χ3v) is 4.51. The van der Waals surface area contributed by atoms with E-state index in [-0.39, 0.29) is 5.91 Å². The van der Waals surface area contributed by atoms with Crippen molar-refractivity contribution in [3.8, 4) is 0 Å². The van der Waals surface area contributed by atoms with Crippen molar-refractivity contribution in [2.45, 2.75) is 25.2 Å². The Kier molecular flexibility index (Phi) is 3.47. The molecule has 0 unspecified atom stereocenters. The second-order valence-corrected chi connectivity index (χ2v) is 5.98. The molecule has 108 valence electrons. The van der Waals surface area contributed by atoms with Gasteiger partial charge in [0.1, 0.15) is 11.4 Å². The molecular formula is C15H15N3O2S. The molecule has 1 fully saturated rings. The minimum atomic E-state index is -0.410. The van der Waals surface area contributed by atoms with Crippen molar-refractivity contribution in [3.05, 3.63) is 47.0 Å². The Bertz CT molecular complexity index is 690. The topological polar surface area (TPSA) is 74.6 Å². The van der Waals surface area contributed by atoms with Gasteiger partial charge in [0.25, 0.3) is 0 Å². The number of thiazole rings is 1. The number of anilines is 1. The maximum absolute atomic E-state index is 12.5. The smallest absolute Gasteiger partial charge is 0.236 e. The molecule has 21 heavy (non-hydrogen) atoms. The Morgan fingerprint density at radius 2 is 2.10 bits per heavy atom. The van der Waals surface area contributed by atoms with Gasteiger partial charge in [-0.1, -0.05) is 35.5 Å². The maximum Gasteiger partial charge on any atom is 0.236 e. The van der Waals surface area contributed by atoms with Gasteiger partial charge in [-0.15, -0.1) is 11.3 Å². The fraction of sp³-hybridized carbons (Fsp3) is 0.267. The Hall–Kier alpha value is -2.21. The van der Waals surface area contributed by atoms with Crippen LogP contribution in [-0.2, 0) is 10.2 Å². The van der Waals surface area contributed by atoms with Gasteiger partial charge in [0.15, 0.2) is 5.13 Å². The van der Waals surface area contributed by atoms with Crippen LogP contribution in [0.3, 0.4) is 0 Å². The lowest BCUT2D eigenvalue weighted by atomic mass is 9.95. The van der Waals surface area contributed by atoms with E-state index in [1.54, 1.807) is 12.3 Å². The summed E-state index contributed by atoms with van der Waals surface area (Å²) in [5, 5.41) is 17.0. The largest absolute Gasteiger partial charge is 0.411 e. The minimum absolute atomic E-state index is 0.0202. The summed E-state index contributed by atoms with van der Waals surface area (Å²) in [7, 11) is 0. The van der Waals surface area contributed by atoms with Crippen LogP contribution in [0.25, 0.3) is 0 Å². The monoisotopic (exact) mass is 301 g/mol. The van der Waals surface area contributed by atoms with Gasteiger partial charge in [0.05, 0.1) is 5.41 Å². The summed E-state index contributed by atoms with van der Waals surface area (Å²) in [4.78, 5) is 16.8. The Balaban J connectivity index is 1.77. The number of amides is 1. The lowest BCUT2D eigenvalue weighted by molar-refractivity contribution is -0.118. The summed E-state index contributed by atoms with van der Waals surface area (Å²) in [6, 6.07) is 9.82. The number of hydrogen-bond donors (Lipinski definition) is 2. The minimum Gasteiger partial charge on any atom is -0.411 e. The number of hydrogen-bond acceptors (Lipinski definition) is 5. The fourth-order valence-corrected chi connectivity index (χ4v) is 3.04. The van der Waals surface area contributed by atoms with E-state index in [0.29, 0.717) is 16.5 Å². The van der Waals surface area contributed by atoms with Crippen molar-refractivity contribution in [1.29, 1.82) is 0 Å². The fourth-order valence-electron chi connectivity index (χ4n) is 2.29. The van der Waals surface area contributed by atoms with Crippen molar-refractivity contribution in [1.82, 2.24) is 4.98 Å².